The van der Waals surface area contributed by atoms with Crippen molar-refractivity contribution in [3.05, 3.63) is 78.5 Å². The van der Waals surface area contributed by atoms with E-state index >= 15 is 0 Å². The first-order valence-electron chi connectivity index (χ1n) is 12.8. The predicted molar refractivity (Wildman–Crippen MR) is 143 cm³/mol. The van der Waals surface area contributed by atoms with Crippen molar-refractivity contribution in [2.24, 2.45) is 0 Å². The number of piperidine rings is 2. The second-order valence-corrected chi connectivity index (χ2v) is 9.75. The van der Waals surface area contributed by atoms with Crippen LogP contribution in [0.3, 0.4) is 0 Å². The number of allylic oxidation sites excluding steroid dienone is 3. The smallest absolute Gasteiger partial charge is 0.163 e. The van der Waals surface area contributed by atoms with Crippen molar-refractivity contribution < 1.29 is 4.58 Å². The van der Waals surface area contributed by atoms with Crippen LogP contribution < -0.4 is 0 Å². The number of nitrogens with zero attached hydrogens (tertiary/aromatic N) is 2. The zero-order valence-corrected chi connectivity index (χ0v) is 19.5. The summed E-state index contributed by atoms with van der Waals surface area (Å²) in [5, 5.41) is 8.15. The van der Waals surface area contributed by atoms with E-state index in [0.717, 1.165) is 0 Å². The van der Waals surface area contributed by atoms with Gasteiger partial charge in [-0.2, -0.15) is 0 Å². The zero-order valence-electron chi connectivity index (χ0n) is 19.5. The van der Waals surface area contributed by atoms with Crippen molar-refractivity contribution in [2.75, 3.05) is 26.2 Å². The Bertz CT molecular complexity index is 1340. The fraction of sp³-hybridized carbons (Fsp3) is 0.323. The Morgan fingerprint density at radius 1 is 0.697 bits per heavy atom. The summed E-state index contributed by atoms with van der Waals surface area (Å²) in [6, 6.07) is 20.5. The summed E-state index contributed by atoms with van der Waals surface area (Å²) in [6.07, 6.45) is 17.4. The van der Waals surface area contributed by atoms with E-state index in [-0.39, 0.29) is 0 Å². The highest BCUT2D eigenvalue weighted by molar-refractivity contribution is 6.24. The van der Waals surface area contributed by atoms with Crippen LogP contribution >= 0.6 is 0 Å². The van der Waals surface area contributed by atoms with Crippen LogP contribution in [0.4, 0.5) is 0 Å². The lowest BCUT2D eigenvalue weighted by molar-refractivity contribution is -0.532. The van der Waals surface area contributed by atoms with E-state index in [0.29, 0.717) is 0 Å². The molecule has 0 bridgehead atoms. The largest absolute Gasteiger partial charge is 0.377 e. The Kier molecular flexibility index (Phi) is 5.59. The van der Waals surface area contributed by atoms with E-state index in [1.165, 1.54) is 108 Å². The predicted octanol–water partition coefficient (Wildman–Crippen LogP) is 7.23. The monoisotopic (exact) mass is 433 g/mol. The van der Waals surface area contributed by atoms with Crippen molar-refractivity contribution >= 4 is 44.1 Å². The third-order valence-corrected chi connectivity index (χ3v) is 7.55. The van der Waals surface area contributed by atoms with E-state index in [1.807, 2.05) is 0 Å². The quantitative estimate of drug-likeness (QED) is 0.187. The van der Waals surface area contributed by atoms with Gasteiger partial charge in [0.05, 0.1) is 0 Å². The molecule has 0 atom stereocenters. The molecule has 0 radical (unpaired) electrons. The maximum atomic E-state index is 2.49. The van der Waals surface area contributed by atoms with Gasteiger partial charge < -0.3 is 4.90 Å². The summed E-state index contributed by atoms with van der Waals surface area (Å²) < 4.78 is 2.49. The Labute approximate surface area is 196 Å². The molecule has 0 aromatic heterocycles. The molecule has 0 aliphatic carbocycles. The average Bonchev–Trinajstić information content (AvgIpc) is 2.89. The molecule has 2 fully saturated rings. The molecule has 0 saturated carbocycles. The number of hydrogen-bond acceptors (Lipinski definition) is 1. The van der Waals surface area contributed by atoms with Crippen LogP contribution in [0.25, 0.3) is 37.9 Å². The molecule has 0 N–H and O–H groups in total. The molecule has 4 aromatic carbocycles. The fourth-order valence-corrected chi connectivity index (χ4v) is 5.73. The fourth-order valence-electron chi connectivity index (χ4n) is 5.73. The lowest BCUT2D eigenvalue weighted by Gasteiger charge is -2.25. The van der Waals surface area contributed by atoms with Gasteiger partial charge in [0, 0.05) is 32.0 Å². The van der Waals surface area contributed by atoms with Gasteiger partial charge >= 0.3 is 0 Å². The van der Waals surface area contributed by atoms with Crippen molar-refractivity contribution in [2.45, 2.75) is 38.5 Å². The van der Waals surface area contributed by atoms with Gasteiger partial charge in [0.2, 0.25) is 0 Å². The summed E-state index contributed by atoms with van der Waals surface area (Å²) in [5.74, 6) is 0. The van der Waals surface area contributed by atoms with Gasteiger partial charge in [-0.3, -0.25) is 0 Å². The highest BCUT2D eigenvalue weighted by Gasteiger charge is 2.14. The van der Waals surface area contributed by atoms with Crippen LogP contribution in [0.2, 0.25) is 0 Å². The molecule has 0 unspecified atom stereocenters. The topological polar surface area (TPSA) is 6.25 Å². The third kappa shape index (κ3) is 4.04. The summed E-state index contributed by atoms with van der Waals surface area (Å²) >= 11 is 0. The van der Waals surface area contributed by atoms with Gasteiger partial charge in [-0.05, 0) is 81.4 Å². The minimum Gasteiger partial charge on any atom is -0.377 e. The van der Waals surface area contributed by atoms with Crippen LogP contribution in [0.1, 0.15) is 44.1 Å². The van der Waals surface area contributed by atoms with Gasteiger partial charge in [0.25, 0.3) is 0 Å². The van der Waals surface area contributed by atoms with E-state index in [2.05, 4.69) is 88.6 Å². The van der Waals surface area contributed by atoms with Crippen molar-refractivity contribution in [1.82, 2.24) is 4.90 Å². The Morgan fingerprint density at radius 2 is 1.36 bits per heavy atom. The molecule has 2 nitrogen and oxygen atoms in total. The molecule has 6 rings (SSSR count). The van der Waals surface area contributed by atoms with Crippen molar-refractivity contribution in [1.29, 1.82) is 0 Å². The summed E-state index contributed by atoms with van der Waals surface area (Å²) in [6.45, 7) is 4.71. The van der Waals surface area contributed by atoms with Crippen LogP contribution in [-0.2, 0) is 0 Å². The first kappa shape index (κ1) is 20.5. The summed E-state index contributed by atoms with van der Waals surface area (Å²) in [5.41, 5.74) is 2.64. The van der Waals surface area contributed by atoms with Gasteiger partial charge in [-0.15, -0.1) is 0 Å². The molecule has 2 heterocycles. The molecule has 2 aliphatic rings. The molecular formula is C31H33N2+. The summed E-state index contributed by atoms with van der Waals surface area (Å²) in [4.78, 5) is 2.49. The van der Waals surface area contributed by atoms with Crippen LogP contribution in [-0.4, -0.2) is 41.9 Å². The van der Waals surface area contributed by atoms with Gasteiger partial charge in [-0.1, -0.05) is 54.6 Å². The molecule has 2 saturated heterocycles. The molecular weight excluding hydrogens is 400 g/mol. The van der Waals surface area contributed by atoms with Crippen molar-refractivity contribution in [3.63, 3.8) is 0 Å². The second kappa shape index (κ2) is 9.02. The molecule has 33 heavy (non-hydrogen) atoms. The lowest BCUT2D eigenvalue weighted by Crippen LogP contribution is -2.24. The maximum Gasteiger partial charge on any atom is 0.163 e. The SMILES string of the molecule is C(/C=C(/C=C/N1CCCCC1)c1ccc2ccc3cccc4ccc1c2c34)=[N+]1CCCCC1. The van der Waals surface area contributed by atoms with Gasteiger partial charge in [-0.25, -0.2) is 4.58 Å². The standard InChI is InChI=1S/C31H33N2/c1-3-18-32(19-4-1)22-16-24(17-23-33-20-5-2-6-21-33)28-14-12-27-11-10-25-8-7-9-26-13-15-29(28)31(27)30(25)26/h7-17,22-23H,1-6,18-21H2/q+1. The first-order chi connectivity index (χ1) is 16.4. The molecule has 2 aliphatic heterocycles. The molecule has 2 heteroatoms. The average molecular weight is 434 g/mol. The van der Waals surface area contributed by atoms with Crippen LogP contribution in [0.5, 0.6) is 0 Å². The normalized spacial score (nSPS) is 18.2. The minimum atomic E-state index is 1.18. The van der Waals surface area contributed by atoms with Crippen molar-refractivity contribution in [3.8, 4) is 0 Å². The molecule has 0 spiro atoms. The van der Waals surface area contributed by atoms with E-state index < -0.39 is 0 Å². The van der Waals surface area contributed by atoms with E-state index in [4.69, 9.17) is 0 Å². The Morgan fingerprint density at radius 3 is 2.15 bits per heavy atom. The number of likely N-dealkylation sites (tertiary alicyclic amines) is 1. The number of rotatable bonds is 4. The Balaban J connectivity index is 1.50. The maximum absolute atomic E-state index is 2.49. The lowest BCUT2D eigenvalue weighted by atomic mass is 9.89. The minimum absolute atomic E-state index is 1.18. The van der Waals surface area contributed by atoms with E-state index in [9.17, 15) is 0 Å². The van der Waals surface area contributed by atoms with Gasteiger partial charge in [0.1, 0.15) is 13.1 Å². The molecule has 4 aromatic rings. The number of hydrogen-bond donors (Lipinski definition) is 0. The Hall–Kier alpha value is -3.13. The van der Waals surface area contributed by atoms with Gasteiger partial charge in [0.15, 0.2) is 6.21 Å². The highest BCUT2D eigenvalue weighted by atomic mass is 15.1. The summed E-state index contributed by atoms with van der Waals surface area (Å²) in [7, 11) is 0. The van der Waals surface area contributed by atoms with Crippen LogP contribution in [0, 0.1) is 0 Å². The van der Waals surface area contributed by atoms with E-state index in [1.54, 1.807) is 0 Å². The second-order valence-electron chi connectivity index (χ2n) is 9.75. The number of benzene rings is 4. The molecule has 166 valence electrons. The molecule has 0 amide bonds. The van der Waals surface area contributed by atoms with Crippen LogP contribution in [0.15, 0.2) is 72.9 Å². The zero-order chi connectivity index (χ0) is 22.0. The highest BCUT2D eigenvalue weighted by Crippen LogP contribution is 2.38. The third-order valence-electron chi connectivity index (χ3n) is 7.55. The first-order valence-corrected chi connectivity index (χ1v) is 12.8.